The Morgan fingerprint density at radius 1 is 1.11 bits per heavy atom. The largest absolute Gasteiger partial charge is 0.454 e. The van der Waals surface area contributed by atoms with Crippen LogP contribution in [0.25, 0.3) is 0 Å². The second kappa shape index (κ2) is 10.9. The molecule has 8 nitrogen and oxygen atoms in total. The minimum Gasteiger partial charge on any atom is -0.454 e. The molecule has 0 fully saturated rings. The summed E-state index contributed by atoms with van der Waals surface area (Å²) in [5, 5.41) is 0. The molecule has 2 aromatic heterocycles. The molecule has 4 rings (SSSR count). The molecule has 1 aliphatic rings. The van der Waals surface area contributed by atoms with Gasteiger partial charge in [0.05, 0.1) is 18.6 Å². The van der Waals surface area contributed by atoms with E-state index in [1.165, 1.54) is 19.1 Å². The molecule has 0 N–H and O–H groups in total. The number of rotatable bonds is 4. The molecule has 1 aliphatic heterocycles. The molecule has 0 bridgehead atoms. The molecule has 1 aromatic carbocycles. The van der Waals surface area contributed by atoms with Crippen LogP contribution < -0.4 is 4.90 Å². The summed E-state index contributed by atoms with van der Waals surface area (Å²) in [7, 11) is 0. The van der Waals surface area contributed by atoms with Crippen molar-refractivity contribution >= 4 is 17.5 Å². The molecular formula is C26H32FN5O3. The first-order valence-corrected chi connectivity index (χ1v) is 12.0. The predicted molar refractivity (Wildman–Crippen MR) is 131 cm³/mol. The number of carbonyl (C=O) groups excluding carboxylic acids is 2. The minimum absolute atomic E-state index is 0.153. The second-order valence-electron chi connectivity index (χ2n) is 9.15. The van der Waals surface area contributed by atoms with E-state index in [9.17, 15) is 14.0 Å². The molecular weight excluding hydrogens is 449 g/mol. The SMILES string of the molecule is CC(=O)N1CCCN(C(C)C)CCN(C(=O)c2ccc(Cn3ccnc3)o2)Cc2ccc(F)cc21. The van der Waals surface area contributed by atoms with Crippen LogP contribution in [0.2, 0.25) is 0 Å². The number of hydrogen-bond donors (Lipinski definition) is 0. The molecule has 3 aromatic rings. The average Bonchev–Trinajstić information content (AvgIpc) is 3.49. The Kier molecular flexibility index (Phi) is 7.65. The van der Waals surface area contributed by atoms with Crippen molar-refractivity contribution in [1.82, 2.24) is 19.4 Å². The van der Waals surface area contributed by atoms with Gasteiger partial charge in [-0.1, -0.05) is 6.07 Å². The maximum absolute atomic E-state index is 14.2. The molecule has 0 radical (unpaired) electrons. The molecule has 186 valence electrons. The number of imidazole rings is 1. The standard InChI is InChI=1S/C26H32FN5O3/c1-19(2)30-10-4-11-32(20(3)33)24-15-22(27)6-5-21(24)16-31(14-13-30)26(34)25-8-7-23(35-25)17-29-12-9-28-18-29/h5-9,12,15,18-19H,4,10-11,13-14,16-17H2,1-3H3. The van der Waals surface area contributed by atoms with E-state index in [1.54, 1.807) is 40.5 Å². The first-order valence-electron chi connectivity index (χ1n) is 12.0. The van der Waals surface area contributed by atoms with E-state index in [-0.39, 0.29) is 30.2 Å². The lowest BCUT2D eigenvalue weighted by Gasteiger charge is -2.29. The molecule has 0 aliphatic carbocycles. The van der Waals surface area contributed by atoms with Crippen LogP contribution in [-0.2, 0) is 17.9 Å². The third kappa shape index (κ3) is 5.97. The highest BCUT2D eigenvalue weighted by Gasteiger charge is 2.25. The number of fused-ring (bicyclic) bond motifs is 1. The lowest BCUT2D eigenvalue weighted by Crippen LogP contribution is -2.41. The number of amides is 2. The highest BCUT2D eigenvalue weighted by molar-refractivity contribution is 5.93. The van der Waals surface area contributed by atoms with Crippen molar-refractivity contribution in [2.75, 3.05) is 31.1 Å². The zero-order valence-electron chi connectivity index (χ0n) is 20.5. The molecule has 3 heterocycles. The van der Waals surface area contributed by atoms with Gasteiger partial charge in [0, 0.05) is 58.1 Å². The quantitative estimate of drug-likeness (QED) is 0.567. The number of aromatic nitrogens is 2. The molecule has 2 amide bonds. The van der Waals surface area contributed by atoms with E-state index in [2.05, 4.69) is 23.7 Å². The Hall–Kier alpha value is -3.46. The highest BCUT2D eigenvalue weighted by atomic mass is 19.1. The van der Waals surface area contributed by atoms with E-state index in [4.69, 9.17) is 4.42 Å². The first-order chi connectivity index (χ1) is 16.8. The molecule has 0 saturated carbocycles. The smallest absolute Gasteiger partial charge is 0.289 e. The average molecular weight is 482 g/mol. The summed E-state index contributed by atoms with van der Waals surface area (Å²) in [5.41, 5.74) is 1.23. The van der Waals surface area contributed by atoms with Gasteiger partial charge in [-0.05, 0) is 50.1 Å². The number of nitrogens with zero attached hydrogens (tertiary/aromatic N) is 5. The van der Waals surface area contributed by atoms with Gasteiger partial charge in [-0.15, -0.1) is 0 Å². The molecule has 35 heavy (non-hydrogen) atoms. The Labute approximate surface area is 204 Å². The zero-order valence-corrected chi connectivity index (χ0v) is 20.5. The topological polar surface area (TPSA) is 74.8 Å². The summed E-state index contributed by atoms with van der Waals surface area (Å²) >= 11 is 0. The van der Waals surface area contributed by atoms with Gasteiger partial charge in [-0.2, -0.15) is 0 Å². The summed E-state index contributed by atoms with van der Waals surface area (Å²) in [4.78, 5) is 35.7. The molecule has 0 atom stereocenters. The second-order valence-corrected chi connectivity index (χ2v) is 9.15. The van der Waals surface area contributed by atoms with Gasteiger partial charge < -0.3 is 18.8 Å². The minimum atomic E-state index is -0.415. The number of hydrogen-bond acceptors (Lipinski definition) is 5. The van der Waals surface area contributed by atoms with Crippen molar-refractivity contribution in [1.29, 1.82) is 0 Å². The molecule has 9 heteroatoms. The van der Waals surface area contributed by atoms with E-state index >= 15 is 0 Å². The van der Waals surface area contributed by atoms with Crippen molar-refractivity contribution in [2.45, 2.75) is 46.3 Å². The van der Waals surface area contributed by atoms with Gasteiger partial charge >= 0.3 is 0 Å². The third-order valence-corrected chi connectivity index (χ3v) is 6.35. The van der Waals surface area contributed by atoms with E-state index in [1.807, 2.05) is 10.8 Å². The maximum atomic E-state index is 14.2. The van der Waals surface area contributed by atoms with Crippen molar-refractivity contribution in [2.24, 2.45) is 0 Å². The number of benzene rings is 1. The van der Waals surface area contributed by atoms with Crippen LogP contribution in [-0.4, -0.2) is 63.4 Å². The molecule has 0 spiro atoms. The van der Waals surface area contributed by atoms with Crippen LogP contribution >= 0.6 is 0 Å². The predicted octanol–water partition coefficient (Wildman–Crippen LogP) is 3.77. The maximum Gasteiger partial charge on any atom is 0.289 e. The van der Waals surface area contributed by atoms with Crippen LogP contribution in [0.15, 0.2) is 53.5 Å². The monoisotopic (exact) mass is 481 g/mol. The van der Waals surface area contributed by atoms with E-state index in [0.717, 1.165) is 18.5 Å². The Balaban J connectivity index is 1.65. The Morgan fingerprint density at radius 3 is 2.66 bits per heavy atom. The van der Waals surface area contributed by atoms with Crippen molar-refractivity contribution in [3.63, 3.8) is 0 Å². The third-order valence-electron chi connectivity index (χ3n) is 6.35. The van der Waals surface area contributed by atoms with Gasteiger partial charge in [-0.25, -0.2) is 9.37 Å². The van der Waals surface area contributed by atoms with Gasteiger partial charge in [0.2, 0.25) is 5.91 Å². The number of carbonyl (C=O) groups is 2. The van der Waals surface area contributed by atoms with Crippen LogP contribution in [0, 0.1) is 5.82 Å². The Bertz CT molecular complexity index is 1160. The summed E-state index contributed by atoms with van der Waals surface area (Å²) in [6.07, 6.45) is 5.95. The summed E-state index contributed by atoms with van der Waals surface area (Å²) < 4.78 is 22.0. The number of halogens is 1. The van der Waals surface area contributed by atoms with E-state index in [0.29, 0.717) is 37.6 Å². The molecule has 0 unspecified atom stereocenters. The summed E-state index contributed by atoms with van der Waals surface area (Å²) in [6, 6.07) is 8.17. The van der Waals surface area contributed by atoms with Crippen molar-refractivity contribution in [3.05, 3.63) is 72.0 Å². The van der Waals surface area contributed by atoms with Gasteiger partial charge in [0.1, 0.15) is 11.6 Å². The summed E-state index contributed by atoms with van der Waals surface area (Å²) in [5.74, 6) is 0.0906. The van der Waals surface area contributed by atoms with Crippen molar-refractivity contribution in [3.8, 4) is 0 Å². The number of furan rings is 1. The van der Waals surface area contributed by atoms with Crippen LogP contribution in [0.3, 0.4) is 0 Å². The van der Waals surface area contributed by atoms with Gasteiger partial charge in [0.25, 0.3) is 5.91 Å². The van der Waals surface area contributed by atoms with Crippen LogP contribution in [0.5, 0.6) is 0 Å². The van der Waals surface area contributed by atoms with Crippen molar-refractivity contribution < 1.29 is 18.4 Å². The summed E-state index contributed by atoms with van der Waals surface area (Å²) in [6.45, 7) is 8.85. The number of anilines is 1. The fraction of sp³-hybridized carbons (Fsp3) is 0.423. The fourth-order valence-corrected chi connectivity index (χ4v) is 4.43. The molecule has 0 saturated heterocycles. The van der Waals surface area contributed by atoms with E-state index < -0.39 is 5.82 Å². The van der Waals surface area contributed by atoms with Gasteiger partial charge in [0.15, 0.2) is 5.76 Å². The first kappa shape index (κ1) is 24.7. The highest BCUT2D eigenvalue weighted by Crippen LogP contribution is 2.26. The normalized spacial score (nSPS) is 15.7. The fourth-order valence-electron chi connectivity index (χ4n) is 4.43. The lowest BCUT2D eigenvalue weighted by atomic mass is 10.1. The van der Waals surface area contributed by atoms with Crippen LogP contribution in [0.1, 0.15) is 49.1 Å². The van der Waals surface area contributed by atoms with Crippen LogP contribution in [0.4, 0.5) is 10.1 Å². The van der Waals surface area contributed by atoms with Gasteiger partial charge in [-0.3, -0.25) is 14.5 Å². The Morgan fingerprint density at radius 2 is 1.94 bits per heavy atom. The lowest BCUT2D eigenvalue weighted by molar-refractivity contribution is -0.116. The zero-order chi connectivity index (χ0) is 24.9.